The average molecular weight is 477 g/mol. The molecule has 1 fully saturated rings. The molecule has 1 aromatic heterocycles. The van der Waals surface area contributed by atoms with Crippen LogP contribution in [0.2, 0.25) is 0 Å². The van der Waals surface area contributed by atoms with E-state index in [1.54, 1.807) is 0 Å². The van der Waals surface area contributed by atoms with Gasteiger partial charge in [0.15, 0.2) is 0 Å². The zero-order valence-electron chi connectivity index (χ0n) is 20.7. The highest BCUT2D eigenvalue weighted by atomic mass is 16.5. The SMILES string of the molecule is CN(C)c1cc(NC2CCC(CN(CCOCc3ccccc3)C(=O)O)CC2)nc2ccccc12. The van der Waals surface area contributed by atoms with Gasteiger partial charge >= 0.3 is 6.09 Å². The number of rotatable bonds is 10. The van der Waals surface area contributed by atoms with E-state index in [0.717, 1.165) is 53.7 Å². The standard InChI is InChI=1S/C28H36N4O3/c1-31(2)26-18-27(30-25-11-7-6-10-24(25)26)29-23-14-12-21(13-15-23)19-32(28(33)34)16-17-35-20-22-8-4-3-5-9-22/h3-11,18,21,23H,12-17,19-20H2,1-2H3,(H,29,30)(H,33,34). The van der Waals surface area contributed by atoms with Crippen molar-refractivity contribution >= 4 is 28.5 Å². The highest BCUT2D eigenvalue weighted by Crippen LogP contribution is 2.30. The maximum absolute atomic E-state index is 11.8. The Labute approximate surface area is 207 Å². The summed E-state index contributed by atoms with van der Waals surface area (Å²) in [5, 5.41) is 14.5. The van der Waals surface area contributed by atoms with Gasteiger partial charge in [0.25, 0.3) is 0 Å². The monoisotopic (exact) mass is 476 g/mol. The summed E-state index contributed by atoms with van der Waals surface area (Å²) in [5.74, 6) is 1.28. The number of ether oxygens (including phenoxy) is 1. The van der Waals surface area contributed by atoms with Crippen molar-refractivity contribution in [3.05, 3.63) is 66.2 Å². The first-order valence-corrected chi connectivity index (χ1v) is 12.4. The number of hydrogen-bond donors (Lipinski definition) is 2. The maximum Gasteiger partial charge on any atom is 0.407 e. The van der Waals surface area contributed by atoms with Crippen LogP contribution in [-0.4, -0.2) is 60.9 Å². The van der Waals surface area contributed by atoms with Crippen molar-refractivity contribution in [3.63, 3.8) is 0 Å². The van der Waals surface area contributed by atoms with Crippen LogP contribution in [0.25, 0.3) is 10.9 Å². The van der Waals surface area contributed by atoms with Crippen LogP contribution in [0.4, 0.5) is 16.3 Å². The van der Waals surface area contributed by atoms with Crippen molar-refractivity contribution in [2.24, 2.45) is 5.92 Å². The summed E-state index contributed by atoms with van der Waals surface area (Å²) >= 11 is 0. The van der Waals surface area contributed by atoms with Gasteiger partial charge in [-0.25, -0.2) is 9.78 Å². The fourth-order valence-electron chi connectivity index (χ4n) is 4.82. The topological polar surface area (TPSA) is 77.9 Å². The van der Waals surface area contributed by atoms with Crippen LogP contribution >= 0.6 is 0 Å². The molecule has 2 aromatic carbocycles. The molecule has 0 aliphatic heterocycles. The second-order valence-corrected chi connectivity index (χ2v) is 9.57. The van der Waals surface area contributed by atoms with Crippen molar-refractivity contribution in [1.29, 1.82) is 0 Å². The Kier molecular flexibility index (Phi) is 8.42. The first-order valence-electron chi connectivity index (χ1n) is 12.4. The fraction of sp³-hybridized carbons (Fsp3) is 0.429. The lowest BCUT2D eigenvalue weighted by Gasteiger charge is -2.32. The van der Waals surface area contributed by atoms with Gasteiger partial charge in [-0.3, -0.25) is 0 Å². The van der Waals surface area contributed by atoms with Crippen LogP contribution in [0.15, 0.2) is 60.7 Å². The van der Waals surface area contributed by atoms with Gasteiger partial charge in [-0.2, -0.15) is 0 Å². The van der Waals surface area contributed by atoms with Crippen LogP contribution in [0, 0.1) is 5.92 Å². The largest absolute Gasteiger partial charge is 0.465 e. The second kappa shape index (κ2) is 11.9. The van der Waals surface area contributed by atoms with Crippen LogP contribution in [0.1, 0.15) is 31.2 Å². The Hall–Kier alpha value is -3.32. The summed E-state index contributed by atoms with van der Waals surface area (Å²) in [5.41, 5.74) is 3.23. The number of aromatic nitrogens is 1. The smallest absolute Gasteiger partial charge is 0.407 e. The van der Waals surface area contributed by atoms with Crippen LogP contribution < -0.4 is 10.2 Å². The molecule has 3 aromatic rings. The van der Waals surface area contributed by atoms with Gasteiger partial charge in [0, 0.05) is 50.4 Å². The zero-order valence-corrected chi connectivity index (χ0v) is 20.7. The molecule has 186 valence electrons. The molecule has 2 N–H and O–H groups in total. The van der Waals surface area contributed by atoms with E-state index >= 15 is 0 Å². The summed E-state index contributed by atoms with van der Waals surface area (Å²) in [7, 11) is 4.11. The minimum Gasteiger partial charge on any atom is -0.465 e. The Morgan fingerprint density at radius 3 is 2.49 bits per heavy atom. The van der Waals surface area contributed by atoms with E-state index in [4.69, 9.17) is 9.72 Å². The minimum atomic E-state index is -0.870. The summed E-state index contributed by atoms with van der Waals surface area (Å²) in [4.78, 5) is 20.2. The lowest BCUT2D eigenvalue weighted by atomic mass is 9.85. The summed E-state index contributed by atoms with van der Waals surface area (Å²) < 4.78 is 5.70. The van der Waals surface area contributed by atoms with E-state index in [1.807, 2.05) is 42.5 Å². The Bertz CT molecular complexity index is 1100. The molecule has 7 nitrogen and oxygen atoms in total. The number of fused-ring (bicyclic) bond motifs is 1. The molecule has 0 saturated heterocycles. The number of pyridine rings is 1. The van der Waals surface area contributed by atoms with Crippen molar-refractivity contribution in [2.75, 3.05) is 44.0 Å². The molecule has 1 aliphatic rings. The number of amides is 1. The molecule has 0 spiro atoms. The average Bonchev–Trinajstić information content (AvgIpc) is 2.87. The summed E-state index contributed by atoms with van der Waals surface area (Å²) in [6.45, 7) is 1.87. The number of carboxylic acid groups (broad SMARTS) is 1. The third-order valence-corrected chi connectivity index (χ3v) is 6.74. The molecular weight excluding hydrogens is 440 g/mol. The van der Waals surface area contributed by atoms with Gasteiger partial charge in [-0.05, 0) is 43.2 Å². The molecule has 1 heterocycles. The third kappa shape index (κ3) is 6.85. The van der Waals surface area contributed by atoms with E-state index in [9.17, 15) is 9.90 Å². The lowest BCUT2D eigenvalue weighted by molar-refractivity contribution is 0.0780. The molecule has 1 amide bonds. The fourth-order valence-corrected chi connectivity index (χ4v) is 4.82. The van der Waals surface area contributed by atoms with Crippen molar-refractivity contribution in [3.8, 4) is 0 Å². The number of para-hydroxylation sites is 1. The highest BCUT2D eigenvalue weighted by molar-refractivity contribution is 5.93. The van der Waals surface area contributed by atoms with E-state index in [1.165, 1.54) is 4.90 Å². The molecule has 35 heavy (non-hydrogen) atoms. The molecule has 1 aliphatic carbocycles. The number of nitrogens with zero attached hydrogens (tertiary/aromatic N) is 3. The molecule has 0 unspecified atom stereocenters. The predicted octanol–water partition coefficient (Wildman–Crippen LogP) is 5.47. The second-order valence-electron chi connectivity index (χ2n) is 9.57. The van der Waals surface area contributed by atoms with Crippen LogP contribution in [0.3, 0.4) is 0 Å². The van der Waals surface area contributed by atoms with Gasteiger partial charge in [-0.1, -0.05) is 48.5 Å². The van der Waals surface area contributed by atoms with Crippen molar-refractivity contribution in [2.45, 2.75) is 38.3 Å². The number of nitrogens with one attached hydrogen (secondary N) is 1. The van der Waals surface area contributed by atoms with Gasteiger partial charge in [-0.15, -0.1) is 0 Å². The van der Waals surface area contributed by atoms with Crippen molar-refractivity contribution in [1.82, 2.24) is 9.88 Å². The van der Waals surface area contributed by atoms with Gasteiger partial charge < -0.3 is 25.0 Å². The van der Waals surface area contributed by atoms with E-state index in [-0.39, 0.29) is 0 Å². The minimum absolute atomic E-state index is 0.349. The Balaban J connectivity index is 1.26. The first-order chi connectivity index (χ1) is 17.0. The van der Waals surface area contributed by atoms with Gasteiger partial charge in [0.2, 0.25) is 0 Å². The Morgan fingerprint density at radius 1 is 1.06 bits per heavy atom. The number of benzene rings is 2. The highest BCUT2D eigenvalue weighted by Gasteiger charge is 2.25. The van der Waals surface area contributed by atoms with E-state index < -0.39 is 6.09 Å². The zero-order chi connectivity index (χ0) is 24.6. The first kappa shape index (κ1) is 24.8. The number of hydrogen-bond acceptors (Lipinski definition) is 5. The molecule has 0 bridgehead atoms. The van der Waals surface area contributed by atoms with Gasteiger partial charge in [0.1, 0.15) is 5.82 Å². The Morgan fingerprint density at radius 2 is 1.77 bits per heavy atom. The normalized spacial score (nSPS) is 17.8. The number of anilines is 2. The number of carbonyl (C=O) groups is 1. The third-order valence-electron chi connectivity index (χ3n) is 6.74. The maximum atomic E-state index is 11.8. The van der Waals surface area contributed by atoms with E-state index in [2.05, 4.69) is 42.5 Å². The molecule has 0 radical (unpaired) electrons. The molecule has 0 atom stereocenters. The quantitative estimate of drug-likeness (QED) is 0.378. The lowest BCUT2D eigenvalue weighted by Crippen LogP contribution is -2.39. The predicted molar refractivity (Wildman–Crippen MR) is 141 cm³/mol. The molecule has 4 rings (SSSR count). The van der Waals surface area contributed by atoms with Crippen LogP contribution in [-0.2, 0) is 11.3 Å². The van der Waals surface area contributed by atoms with E-state index in [0.29, 0.717) is 38.3 Å². The molecule has 1 saturated carbocycles. The molecular formula is C28H36N4O3. The molecule has 7 heteroatoms. The summed E-state index contributed by atoms with van der Waals surface area (Å²) in [6.07, 6.45) is 3.15. The summed E-state index contributed by atoms with van der Waals surface area (Å²) in [6, 6.07) is 20.6. The van der Waals surface area contributed by atoms with Crippen molar-refractivity contribution < 1.29 is 14.6 Å². The van der Waals surface area contributed by atoms with Gasteiger partial charge in [0.05, 0.1) is 18.7 Å². The van der Waals surface area contributed by atoms with Crippen LogP contribution in [0.5, 0.6) is 0 Å².